The van der Waals surface area contributed by atoms with Crippen LogP contribution in [0.3, 0.4) is 0 Å². The number of fused-ring (bicyclic) bond motifs is 1. The molecule has 0 aliphatic heterocycles. The molecule has 1 aliphatic carbocycles. The zero-order valence-electron chi connectivity index (χ0n) is 11.9. The van der Waals surface area contributed by atoms with Crippen molar-refractivity contribution < 1.29 is 12.6 Å². The molecule has 2 aromatic carbocycles. The van der Waals surface area contributed by atoms with Gasteiger partial charge in [-0.1, -0.05) is 52.3 Å². The summed E-state index contributed by atoms with van der Waals surface area (Å²) in [6.07, 6.45) is 3.53. The maximum atomic E-state index is 12.4. The zero-order valence-corrected chi connectivity index (χ0v) is 14.3. The summed E-state index contributed by atoms with van der Waals surface area (Å²) in [7, 11) is -3.77. The van der Waals surface area contributed by atoms with Gasteiger partial charge in [0.15, 0.2) is 0 Å². The maximum absolute atomic E-state index is 12.4. The third-order valence-electron chi connectivity index (χ3n) is 3.72. The molecule has 0 heterocycles. The minimum Gasteiger partial charge on any atom is -0.262 e. The largest absolute Gasteiger partial charge is 0.297 e. The van der Waals surface area contributed by atoms with Crippen LogP contribution in [0.4, 0.5) is 0 Å². The van der Waals surface area contributed by atoms with E-state index in [0.717, 1.165) is 15.6 Å². The fourth-order valence-corrected chi connectivity index (χ4v) is 3.97. The van der Waals surface area contributed by atoms with Gasteiger partial charge in [0.2, 0.25) is 0 Å². The molecule has 22 heavy (non-hydrogen) atoms. The smallest absolute Gasteiger partial charge is 0.262 e. The first kappa shape index (κ1) is 15.5. The lowest BCUT2D eigenvalue weighted by Gasteiger charge is -2.19. The Morgan fingerprint density at radius 3 is 2.50 bits per heavy atom. The van der Waals surface area contributed by atoms with E-state index in [-0.39, 0.29) is 10.8 Å². The average molecular weight is 379 g/mol. The quantitative estimate of drug-likeness (QED) is 0.742. The summed E-state index contributed by atoms with van der Waals surface area (Å²) < 4.78 is 31.0. The summed E-state index contributed by atoms with van der Waals surface area (Å²) in [6.45, 7) is 1.79. The summed E-state index contributed by atoms with van der Waals surface area (Å²) in [4.78, 5) is 0.165. The summed E-state index contributed by atoms with van der Waals surface area (Å²) in [6, 6.07) is 14.4. The fraction of sp³-hybridized carbons (Fsp3) is 0.176. The molecule has 2 aromatic rings. The van der Waals surface area contributed by atoms with Gasteiger partial charge in [-0.3, -0.25) is 4.18 Å². The van der Waals surface area contributed by atoms with Crippen LogP contribution in [0.25, 0.3) is 6.08 Å². The Hall–Kier alpha value is -1.43. The van der Waals surface area contributed by atoms with Crippen molar-refractivity contribution in [1.82, 2.24) is 0 Å². The monoisotopic (exact) mass is 378 g/mol. The molecule has 114 valence electrons. The lowest BCUT2D eigenvalue weighted by atomic mass is 9.96. The Kier molecular flexibility index (Phi) is 4.21. The molecule has 2 atom stereocenters. The van der Waals surface area contributed by atoms with E-state index in [0.29, 0.717) is 0 Å². The number of hydrogen-bond acceptors (Lipinski definition) is 3. The standard InChI is InChI=1S/C17H15BrO3S/c1-12(16-11-6-13-4-2-3-5-17(13)16)21-22(19,20)15-9-7-14(18)8-10-15/h2-12,16H,1H3/t12-,16+/m1/s1. The predicted octanol–water partition coefficient (Wildman–Crippen LogP) is 4.35. The molecule has 0 N–H and O–H groups in total. The van der Waals surface area contributed by atoms with Gasteiger partial charge in [-0.2, -0.15) is 8.42 Å². The van der Waals surface area contributed by atoms with Gasteiger partial charge >= 0.3 is 0 Å². The summed E-state index contributed by atoms with van der Waals surface area (Å²) in [5.74, 6) is -0.0542. The molecular weight excluding hydrogens is 364 g/mol. The van der Waals surface area contributed by atoms with E-state index >= 15 is 0 Å². The molecule has 0 aromatic heterocycles. The average Bonchev–Trinajstić information content (AvgIpc) is 2.91. The Labute approximate surface area is 138 Å². The molecule has 0 spiro atoms. The normalized spacial score (nSPS) is 18.2. The minimum absolute atomic E-state index is 0.0542. The number of halogens is 1. The highest BCUT2D eigenvalue weighted by Crippen LogP contribution is 2.34. The van der Waals surface area contributed by atoms with Crippen LogP contribution in [-0.4, -0.2) is 14.5 Å². The summed E-state index contributed by atoms with van der Waals surface area (Å²) in [5.41, 5.74) is 2.21. The SMILES string of the molecule is C[C@@H](OS(=O)(=O)c1ccc(Br)cc1)[C@@H]1C=Cc2ccccc21. The van der Waals surface area contributed by atoms with Gasteiger partial charge in [-0.15, -0.1) is 0 Å². The van der Waals surface area contributed by atoms with Crippen LogP contribution < -0.4 is 0 Å². The van der Waals surface area contributed by atoms with Crippen LogP contribution in [0.2, 0.25) is 0 Å². The predicted molar refractivity (Wildman–Crippen MR) is 90.1 cm³/mol. The van der Waals surface area contributed by atoms with Crippen molar-refractivity contribution >= 4 is 32.1 Å². The van der Waals surface area contributed by atoms with E-state index in [1.165, 1.54) is 12.1 Å². The molecule has 1 aliphatic rings. The van der Waals surface area contributed by atoms with Gasteiger partial charge in [0.25, 0.3) is 10.1 Å². The Morgan fingerprint density at radius 2 is 1.77 bits per heavy atom. The third-order valence-corrected chi connectivity index (χ3v) is 5.66. The van der Waals surface area contributed by atoms with E-state index < -0.39 is 16.2 Å². The number of rotatable bonds is 4. The molecule has 0 saturated heterocycles. The zero-order chi connectivity index (χ0) is 15.7. The molecular formula is C17H15BrO3S. The molecule has 0 unspecified atom stereocenters. The Morgan fingerprint density at radius 1 is 1.09 bits per heavy atom. The second kappa shape index (κ2) is 5.99. The van der Waals surface area contributed by atoms with Crippen molar-refractivity contribution in [3.8, 4) is 0 Å². The topological polar surface area (TPSA) is 43.4 Å². The van der Waals surface area contributed by atoms with Crippen LogP contribution in [0.5, 0.6) is 0 Å². The third kappa shape index (κ3) is 3.02. The molecule has 3 nitrogen and oxygen atoms in total. The van der Waals surface area contributed by atoms with E-state index in [4.69, 9.17) is 4.18 Å². The minimum atomic E-state index is -3.77. The second-order valence-corrected chi connectivity index (χ2v) is 7.71. The van der Waals surface area contributed by atoms with Crippen LogP contribution in [-0.2, 0) is 14.3 Å². The molecule has 5 heteroatoms. The van der Waals surface area contributed by atoms with Crippen LogP contribution in [0.1, 0.15) is 24.0 Å². The molecule has 0 amide bonds. The first-order chi connectivity index (χ1) is 10.5. The van der Waals surface area contributed by atoms with E-state index in [1.807, 2.05) is 36.4 Å². The van der Waals surface area contributed by atoms with Crippen LogP contribution in [0, 0.1) is 0 Å². The van der Waals surface area contributed by atoms with Crippen molar-refractivity contribution in [2.45, 2.75) is 23.8 Å². The van der Waals surface area contributed by atoms with Crippen molar-refractivity contribution in [3.63, 3.8) is 0 Å². The van der Waals surface area contributed by atoms with E-state index in [9.17, 15) is 8.42 Å². The molecule has 0 saturated carbocycles. The Balaban J connectivity index is 1.81. The fourth-order valence-electron chi connectivity index (χ4n) is 2.60. The molecule has 3 rings (SSSR count). The molecule has 0 fully saturated rings. The highest BCUT2D eigenvalue weighted by molar-refractivity contribution is 9.10. The van der Waals surface area contributed by atoms with Crippen LogP contribution in [0.15, 0.2) is 64.0 Å². The van der Waals surface area contributed by atoms with Crippen molar-refractivity contribution in [2.75, 3.05) is 0 Å². The highest BCUT2D eigenvalue weighted by atomic mass is 79.9. The number of benzene rings is 2. The lowest BCUT2D eigenvalue weighted by molar-refractivity contribution is 0.214. The maximum Gasteiger partial charge on any atom is 0.297 e. The first-order valence-corrected chi connectivity index (χ1v) is 9.13. The van der Waals surface area contributed by atoms with Gasteiger partial charge in [0.05, 0.1) is 11.0 Å². The van der Waals surface area contributed by atoms with Gasteiger partial charge in [0.1, 0.15) is 0 Å². The van der Waals surface area contributed by atoms with Crippen molar-refractivity contribution in [2.24, 2.45) is 0 Å². The van der Waals surface area contributed by atoms with Gasteiger partial charge in [-0.05, 0) is 42.3 Å². The van der Waals surface area contributed by atoms with Gasteiger partial charge in [0, 0.05) is 10.4 Å². The number of hydrogen-bond donors (Lipinski definition) is 0. The van der Waals surface area contributed by atoms with Gasteiger partial charge in [-0.25, -0.2) is 0 Å². The van der Waals surface area contributed by atoms with Gasteiger partial charge < -0.3 is 0 Å². The molecule has 0 radical (unpaired) electrons. The van der Waals surface area contributed by atoms with Crippen LogP contribution >= 0.6 is 15.9 Å². The van der Waals surface area contributed by atoms with Crippen molar-refractivity contribution in [3.05, 3.63) is 70.2 Å². The molecule has 0 bridgehead atoms. The van der Waals surface area contributed by atoms with Crippen molar-refractivity contribution in [1.29, 1.82) is 0 Å². The second-order valence-electron chi connectivity index (χ2n) is 5.22. The Bertz CT molecular complexity index is 810. The first-order valence-electron chi connectivity index (χ1n) is 6.93. The van der Waals surface area contributed by atoms with E-state index in [1.54, 1.807) is 19.1 Å². The van der Waals surface area contributed by atoms with E-state index in [2.05, 4.69) is 15.9 Å². The highest BCUT2D eigenvalue weighted by Gasteiger charge is 2.28. The summed E-state index contributed by atoms with van der Waals surface area (Å²) in [5, 5.41) is 0. The lowest BCUT2D eigenvalue weighted by Crippen LogP contribution is -2.21. The summed E-state index contributed by atoms with van der Waals surface area (Å²) >= 11 is 3.29.